The fourth-order valence-electron chi connectivity index (χ4n) is 4.12. The molecule has 0 atom stereocenters. The van der Waals surface area contributed by atoms with E-state index in [1.807, 2.05) is 0 Å². The molecule has 0 amide bonds. The summed E-state index contributed by atoms with van der Waals surface area (Å²) in [7, 11) is 4.46. The highest BCUT2D eigenvalue weighted by Gasteiger charge is 2.35. The van der Waals surface area contributed by atoms with E-state index in [1.54, 1.807) is 5.30 Å². The van der Waals surface area contributed by atoms with Crippen LogP contribution in [0.2, 0.25) is 0 Å². The minimum absolute atomic E-state index is 0.0471. The second-order valence-corrected chi connectivity index (χ2v) is 9.42. The average Bonchev–Trinajstić information content (AvgIpc) is 3.13. The second-order valence-electron chi connectivity index (χ2n) is 6.67. The first-order chi connectivity index (χ1) is 9.77. The fraction of sp³-hybridized carbons (Fsp3) is 0.667. The zero-order valence-corrected chi connectivity index (χ0v) is 13.9. The molecule has 20 heavy (non-hydrogen) atoms. The van der Waals surface area contributed by atoms with Gasteiger partial charge in [0.1, 0.15) is 0 Å². The third-order valence-electron chi connectivity index (χ3n) is 5.08. The van der Waals surface area contributed by atoms with Crippen molar-refractivity contribution >= 4 is 18.9 Å². The van der Waals surface area contributed by atoms with Gasteiger partial charge in [-0.15, -0.1) is 0 Å². The summed E-state index contributed by atoms with van der Waals surface area (Å²) in [6, 6.07) is 9.24. The van der Waals surface area contributed by atoms with Crippen LogP contribution in [0.15, 0.2) is 24.3 Å². The molecular weight excluding hydrogens is 261 g/mol. The van der Waals surface area contributed by atoms with Crippen molar-refractivity contribution in [3.8, 4) is 0 Å². The summed E-state index contributed by atoms with van der Waals surface area (Å²) in [6.07, 6.45) is 11.9. The molecule has 2 fully saturated rings. The quantitative estimate of drug-likeness (QED) is 0.723. The van der Waals surface area contributed by atoms with Crippen molar-refractivity contribution in [3.63, 3.8) is 0 Å². The van der Waals surface area contributed by atoms with Crippen LogP contribution in [0.25, 0.3) is 0 Å². The van der Waals surface area contributed by atoms with Gasteiger partial charge in [0.05, 0.1) is 0 Å². The molecule has 2 aliphatic carbocycles. The van der Waals surface area contributed by atoms with Gasteiger partial charge >= 0.3 is 0 Å². The zero-order chi connectivity index (χ0) is 13.9. The standard InChI is InChI=1S/C18H28NP/c1-19(2)17-13-7-8-14-18(17)20(15-9-3-4-10-15)16-11-5-6-12-16/h7-8,13-16H,3-6,9-12H2,1-2H3. The summed E-state index contributed by atoms with van der Waals surface area (Å²) in [5.41, 5.74) is 3.50. The van der Waals surface area contributed by atoms with Gasteiger partial charge in [0, 0.05) is 19.8 Å². The lowest BCUT2D eigenvalue weighted by molar-refractivity contribution is 0.835. The van der Waals surface area contributed by atoms with Gasteiger partial charge in [0.15, 0.2) is 0 Å². The predicted molar refractivity (Wildman–Crippen MR) is 91.8 cm³/mol. The number of hydrogen-bond acceptors (Lipinski definition) is 1. The SMILES string of the molecule is CN(C)c1ccccc1P(C1CCCC1)C1CCCC1. The molecule has 0 unspecified atom stereocenters. The summed E-state index contributed by atoms with van der Waals surface area (Å²) in [5.74, 6) is 0. The number of rotatable bonds is 4. The highest BCUT2D eigenvalue weighted by Crippen LogP contribution is 2.57. The van der Waals surface area contributed by atoms with E-state index in [-0.39, 0.29) is 7.92 Å². The van der Waals surface area contributed by atoms with Crippen LogP contribution in [0.5, 0.6) is 0 Å². The molecule has 0 spiro atoms. The molecule has 1 aromatic carbocycles. The van der Waals surface area contributed by atoms with Crippen LogP contribution >= 0.6 is 7.92 Å². The molecule has 2 aliphatic rings. The first kappa shape index (κ1) is 14.4. The maximum absolute atomic E-state index is 2.44. The van der Waals surface area contributed by atoms with Gasteiger partial charge in [0.2, 0.25) is 0 Å². The maximum Gasteiger partial charge on any atom is 0.0439 e. The molecule has 2 heteroatoms. The van der Waals surface area contributed by atoms with Gasteiger partial charge in [-0.3, -0.25) is 0 Å². The molecule has 1 nitrogen and oxygen atoms in total. The minimum atomic E-state index is 0.0471. The Labute approximate surface area is 125 Å². The molecule has 0 heterocycles. The van der Waals surface area contributed by atoms with Gasteiger partial charge in [-0.05, 0) is 48.4 Å². The van der Waals surface area contributed by atoms with Crippen LogP contribution in [-0.4, -0.2) is 25.4 Å². The van der Waals surface area contributed by atoms with Crippen LogP contribution in [0.3, 0.4) is 0 Å². The molecule has 3 rings (SSSR count). The smallest absolute Gasteiger partial charge is 0.0439 e. The van der Waals surface area contributed by atoms with Crippen molar-refractivity contribution in [2.45, 2.75) is 62.7 Å². The van der Waals surface area contributed by atoms with E-state index in [1.165, 1.54) is 57.1 Å². The lowest BCUT2D eigenvalue weighted by Crippen LogP contribution is -2.24. The molecule has 110 valence electrons. The minimum Gasteiger partial charge on any atom is -0.377 e. The van der Waals surface area contributed by atoms with Crippen LogP contribution in [0.1, 0.15) is 51.4 Å². The van der Waals surface area contributed by atoms with E-state index in [4.69, 9.17) is 0 Å². The van der Waals surface area contributed by atoms with Gasteiger partial charge < -0.3 is 4.90 Å². The monoisotopic (exact) mass is 289 g/mol. The molecule has 0 bridgehead atoms. The number of benzene rings is 1. The Morgan fingerprint density at radius 1 is 0.850 bits per heavy atom. The van der Waals surface area contributed by atoms with Crippen LogP contribution in [-0.2, 0) is 0 Å². The van der Waals surface area contributed by atoms with Crippen molar-refractivity contribution in [2.75, 3.05) is 19.0 Å². The topological polar surface area (TPSA) is 3.24 Å². The van der Waals surface area contributed by atoms with E-state index in [9.17, 15) is 0 Å². The van der Waals surface area contributed by atoms with Crippen LogP contribution in [0.4, 0.5) is 5.69 Å². The maximum atomic E-state index is 2.44. The Bertz CT molecular complexity index is 415. The Kier molecular flexibility index (Phi) is 4.66. The largest absolute Gasteiger partial charge is 0.377 e. The Morgan fingerprint density at radius 2 is 1.35 bits per heavy atom. The summed E-state index contributed by atoms with van der Waals surface area (Å²) in [6.45, 7) is 0. The second kappa shape index (κ2) is 6.48. The highest BCUT2D eigenvalue weighted by atomic mass is 31.1. The van der Waals surface area contributed by atoms with Crippen LogP contribution in [0, 0.1) is 0 Å². The molecule has 0 aliphatic heterocycles. The van der Waals surface area contributed by atoms with Crippen molar-refractivity contribution in [2.24, 2.45) is 0 Å². The van der Waals surface area contributed by atoms with E-state index < -0.39 is 0 Å². The van der Waals surface area contributed by atoms with Gasteiger partial charge in [0.25, 0.3) is 0 Å². The van der Waals surface area contributed by atoms with E-state index in [0.717, 1.165) is 11.3 Å². The summed E-state index contributed by atoms with van der Waals surface area (Å²) >= 11 is 0. The molecule has 0 radical (unpaired) electrons. The molecule has 1 aromatic rings. The Morgan fingerprint density at radius 3 is 1.85 bits per heavy atom. The summed E-state index contributed by atoms with van der Waals surface area (Å²) in [4.78, 5) is 2.33. The van der Waals surface area contributed by atoms with Gasteiger partial charge in [-0.2, -0.15) is 0 Å². The lowest BCUT2D eigenvalue weighted by atomic mass is 10.3. The Hall–Kier alpha value is -0.550. The molecule has 0 aromatic heterocycles. The van der Waals surface area contributed by atoms with Crippen LogP contribution < -0.4 is 10.2 Å². The Balaban J connectivity index is 1.95. The number of hydrogen-bond donors (Lipinski definition) is 0. The van der Waals surface area contributed by atoms with E-state index >= 15 is 0 Å². The predicted octanol–water partition coefficient (Wildman–Crippen LogP) is 4.75. The summed E-state index contributed by atoms with van der Waals surface area (Å²) in [5, 5.41) is 1.70. The van der Waals surface area contributed by atoms with Crippen molar-refractivity contribution in [3.05, 3.63) is 24.3 Å². The summed E-state index contributed by atoms with van der Waals surface area (Å²) < 4.78 is 0. The van der Waals surface area contributed by atoms with E-state index in [0.29, 0.717) is 0 Å². The normalized spacial score (nSPS) is 20.9. The third-order valence-corrected chi connectivity index (χ3v) is 8.62. The zero-order valence-electron chi connectivity index (χ0n) is 13.0. The first-order valence-electron chi connectivity index (χ1n) is 8.32. The number of para-hydroxylation sites is 1. The van der Waals surface area contributed by atoms with Gasteiger partial charge in [-0.25, -0.2) is 0 Å². The molecule has 2 saturated carbocycles. The molecular formula is C18H28NP. The number of anilines is 1. The van der Waals surface area contributed by atoms with Crippen molar-refractivity contribution < 1.29 is 0 Å². The van der Waals surface area contributed by atoms with Gasteiger partial charge in [-0.1, -0.05) is 51.8 Å². The average molecular weight is 289 g/mol. The van der Waals surface area contributed by atoms with E-state index in [2.05, 4.69) is 43.3 Å². The molecule has 0 N–H and O–H groups in total. The van der Waals surface area contributed by atoms with Crippen molar-refractivity contribution in [1.82, 2.24) is 0 Å². The van der Waals surface area contributed by atoms with Crippen molar-refractivity contribution in [1.29, 1.82) is 0 Å². The third kappa shape index (κ3) is 2.89. The fourth-order valence-corrected chi connectivity index (χ4v) is 8.14. The lowest BCUT2D eigenvalue weighted by Gasteiger charge is -2.33. The number of nitrogens with zero attached hydrogens (tertiary/aromatic N) is 1. The molecule has 0 saturated heterocycles. The highest BCUT2D eigenvalue weighted by molar-refractivity contribution is 7.67. The first-order valence-corrected chi connectivity index (χ1v) is 9.80.